The summed E-state index contributed by atoms with van der Waals surface area (Å²) < 4.78 is 2.21. The van der Waals surface area contributed by atoms with Crippen LogP contribution in [-0.2, 0) is 13.5 Å². The van der Waals surface area contributed by atoms with Gasteiger partial charge in [0.15, 0.2) is 0 Å². The van der Waals surface area contributed by atoms with Gasteiger partial charge in [-0.15, -0.1) is 0 Å². The number of hydrogen-bond donors (Lipinski definition) is 1. The van der Waals surface area contributed by atoms with Gasteiger partial charge in [0, 0.05) is 24.6 Å². The number of rotatable bonds is 3. The van der Waals surface area contributed by atoms with Crippen molar-refractivity contribution in [1.82, 2.24) is 4.57 Å². The summed E-state index contributed by atoms with van der Waals surface area (Å²) in [6.07, 6.45) is 8.92. The van der Waals surface area contributed by atoms with Crippen LogP contribution in [0, 0.1) is 5.92 Å². The lowest BCUT2D eigenvalue weighted by Gasteiger charge is -2.10. The lowest BCUT2D eigenvalue weighted by molar-refractivity contribution is 0.760. The highest BCUT2D eigenvalue weighted by molar-refractivity contribution is 5.42. The lowest BCUT2D eigenvalue weighted by Crippen LogP contribution is -2.34. The number of aryl methyl sites for hydroxylation is 1. The van der Waals surface area contributed by atoms with Crippen LogP contribution in [0.2, 0.25) is 0 Å². The number of nitrogens with zero attached hydrogens (tertiary/aromatic N) is 1. The first kappa shape index (κ1) is 12.2. The van der Waals surface area contributed by atoms with E-state index in [-0.39, 0.29) is 6.04 Å². The molecule has 0 saturated carbocycles. The van der Waals surface area contributed by atoms with Gasteiger partial charge in [-0.05, 0) is 36.5 Å². The number of nitrogens with two attached hydrogens (primary N) is 1. The Bertz CT molecular complexity index is 548. The van der Waals surface area contributed by atoms with E-state index in [4.69, 9.17) is 5.73 Å². The van der Waals surface area contributed by atoms with E-state index in [2.05, 4.69) is 43.5 Å². The fourth-order valence-electron chi connectivity index (χ4n) is 2.39. The highest BCUT2D eigenvalue weighted by atomic mass is 14.9. The topological polar surface area (TPSA) is 30.9 Å². The van der Waals surface area contributed by atoms with E-state index < -0.39 is 0 Å². The summed E-state index contributed by atoms with van der Waals surface area (Å²) in [5.41, 5.74) is 8.49. The Kier molecular flexibility index (Phi) is 3.25. The number of fused-ring (bicyclic) bond motifs is 1. The normalized spacial score (nSPS) is 20.1. The summed E-state index contributed by atoms with van der Waals surface area (Å²) in [4.78, 5) is 0. The second-order valence-corrected chi connectivity index (χ2v) is 5.30. The summed E-state index contributed by atoms with van der Waals surface area (Å²) in [5, 5.41) is 2.72. The van der Waals surface area contributed by atoms with Gasteiger partial charge in [0.1, 0.15) is 0 Å². The van der Waals surface area contributed by atoms with Crippen molar-refractivity contribution in [3.63, 3.8) is 0 Å². The molecule has 0 spiro atoms. The van der Waals surface area contributed by atoms with E-state index in [1.165, 1.54) is 16.1 Å². The van der Waals surface area contributed by atoms with E-state index in [1.807, 2.05) is 6.92 Å². The maximum absolute atomic E-state index is 6.09. The molecule has 1 aliphatic rings. The van der Waals surface area contributed by atoms with Gasteiger partial charge in [0.05, 0.1) is 0 Å². The van der Waals surface area contributed by atoms with Gasteiger partial charge in [0.25, 0.3) is 0 Å². The van der Waals surface area contributed by atoms with Crippen molar-refractivity contribution in [2.45, 2.75) is 32.7 Å². The third-order valence-electron chi connectivity index (χ3n) is 3.56. The van der Waals surface area contributed by atoms with Crippen molar-refractivity contribution in [2.75, 3.05) is 0 Å². The largest absolute Gasteiger partial charge is 0.351 e. The molecule has 0 aromatic carbocycles. The van der Waals surface area contributed by atoms with Crippen LogP contribution in [0.1, 0.15) is 25.8 Å². The fraction of sp³-hybridized carbons (Fsp3) is 0.467. The standard InChI is InChI=1S/C15H22N2/c1-10(2)14(16)8-12-9-17(4)15-7-11(3)5-6-13(12)15/h6-7,9,11,14H,1,5,8,16H2,2-4H3. The summed E-state index contributed by atoms with van der Waals surface area (Å²) >= 11 is 0. The molecular weight excluding hydrogens is 208 g/mol. The van der Waals surface area contributed by atoms with Crippen LogP contribution in [0.25, 0.3) is 12.2 Å². The molecule has 0 amide bonds. The summed E-state index contributed by atoms with van der Waals surface area (Å²) in [7, 11) is 2.11. The van der Waals surface area contributed by atoms with Gasteiger partial charge in [-0.3, -0.25) is 0 Å². The van der Waals surface area contributed by atoms with Gasteiger partial charge < -0.3 is 10.3 Å². The van der Waals surface area contributed by atoms with Crippen LogP contribution >= 0.6 is 0 Å². The number of aromatic nitrogens is 1. The van der Waals surface area contributed by atoms with Crippen molar-refractivity contribution in [3.8, 4) is 0 Å². The molecule has 1 aromatic rings. The van der Waals surface area contributed by atoms with Gasteiger partial charge in [-0.25, -0.2) is 0 Å². The monoisotopic (exact) mass is 230 g/mol. The van der Waals surface area contributed by atoms with E-state index in [1.54, 1.807) is 0 Å². The van der Waals surface area contributed by atoms with Crippen molar-refractivity contribution in [2.24, 2.45) is 18.7 Å². The van der Waals surface area contributed by atoms with Crippen molar-refractivity contribution >= 4 is 12.2 Å². The van der Waals surface area contributed by atoms with Gasteiger partial charge in [0.2, 0.25) is 0 Å². The Balaban J connectivity index is 2.43. The smallest absolute Gasteiger partial charge is 0.0439 e. The molecule has 0 radical (unpaired) electrons. The van der Waals surface area contributed by atoms with Gasteiger partial charge in [-0.2, -0.15) is 0 Å². The first-order valence-corrected chi connectivity index (χ1v) is 6.26. The Labute approximate surface area is 103 Å². The lowest BCUT2D eigenvalue weighted by atomic mass is 9.98. The van der Waals surface area contributed by atoms with Crippen LogP contribution in [0.4, 0.5) is 0 Å². The fourth-order valence-corrected chi connectivity index (χ4v) is 2.39. The predicted molar refractivity (Wildman–Crippen MR) is 73.9 cm³/mol. The maximum atomic E-state index is 6.09. The molecule has 2 unspecified atom stereocenters. The molecule has 0 bridgehead atoms. The molecule has 2 N–H and O–H groups in total. The van der Waals surface area contributed by atoms with Crippen LogP contribution in [0.3, 0.4) is 0 Å². The highest BCUT2D eigenvalue weighted by Crippen LogP contribution is 2.09. The molecule has 2 rings (SSSR count). The third-order valence-corrected chi connectivity index (χ3v) is 3.56. The Morgan fingerprint density at radius 3 is 3.00 bits per heavy atom. The first-order chi connectivity index (χ1) is 7.99. The van der Waals surface area contributed by atoms with E-state index >= 15 is 0 Å². The molecule has 2 nitrogen and oxygen atoms in total. The minimum absolute atomic E-state index is 0.0641. The average molecular weight is 230 g/mol. The van der Waals surface area contributed by atoms with Crippen molar-refractivity contribution in [1.29, 1.82) is 0 Å². The summed E-state index contributed by atoms with van der Waals surface area (Å²) in [6, 6.07) is 0.0641. The summed E-state index contributed by atoms with van der Waals surface area (Å²) in [6.45, 7) is 8.19. The van der Waals surface area contributed by atoms with E-state index in [9.17, 15) is 0 Å². The zero-order chi connectivity index (χ0) is 12.6. The molecule has 0 fully saturated rings. The average Bonchev–Trinajstić information content (AvgIpc) is 2.55. The molecule has 1 aliphatic carbocycles. The second kappa shape index (κ2) is 4.53. The third kappa shape index (κ3) is 2.37. The molecule has 0 aliphatic heterocycles. The highest BCUT2D eigenvalue weighted by Gasteiger charge is 2.12. The maximum Gasteiger partial charge on any atom is 0.0439 e. The quantitative estimate of drug-likeness (QED) is 0.774. The molecule has 2 heteroatoms. The van der Waals surface area contributed by atoms with Gasteiger partial charge in [-0.1, -0.05) is 31.2 Å². The van der Waals surface area contributed by atoms with Crippen LogP contribution in [0.5, 0.6) is 0 Å². The molecule has 17 heavy (non-hydrogen) atoms. The van der Waals surface area contributed by atoms with E-state index in [0.717, 1.165) is 18.4 Å². The van der Waals surface area contributed by atoms with Crippen molar-refractivity contribution < 1.29 is 0 Å². The van der Waals surface area contributed by atoms with E-state index in [0.29, 0.717) is 5.92 Å². The molecule has 2 atom stereocenters. The Morgan fingerprint density at radius 2 is 2.35 bits per heavy atom. The SMILES string of the molecule is C=C(C)C(N)Cc1cn(C)c2c1=CCC(C)C=2. The molecule has 92 valence electrons. The van der Waals surface area contributed by atoms with Crippen LogP contribution < -0.4 is 16.3 Å². The van der Waals surface area contributed by atoms with Crippen LogP contribution in [-0.4, -0.2) is 10.6 Å². The Hall–Kier alpha value is -1.28. The summed E-state index contributed by atoms with van der Waals surface area (Å²) in [5.74, 6) is 0.638. The molecular formula is C15H22N2. The van der Waals surface area contributed by atoms with Crippen LogP contribution in [0.15, 0.2) is 18.3 Å². The molecule has 1 heterocycles. The zero-order valence-electron chi connectivity index (χ0n) is 11.0. The number of hydrogen-bond acceptors (Lipinski definition) is 1. The predicted octanol–water partition coefficient (Wildman–Crippen LogP) is 1.07. The molecule has 1 aromatic heterocycles. The first-order valence-electron chi connectivity index (χ1n) is 6.26. The Morgan fingerprint density at radius 1 is 1.65 bits per heavy atom. The molecule has 0 saturated heterocycles. The minimum Gasteiger partial charge on any atom is -0.351 e. The second-order valence-electron chi connectivity index (χ2n) is 5.30. The minimum atomic E-state index is 0.0641. The zero-order valence-corrected chi connectivity index (χ0v) is 11.0. The van der Waals surface area contributed by atoms with Gasteiger partial charge >= 0.3 is 0 Å². The van der Waals surface area contributed by atoms with Crippen molar-refractivity contribution in [3.05, 3.63) is 34.5 Å².